The zero-order chi connectivity index (χ0) is 74.1. The Labute approximate surface area is 619 Å². The van der Waals surface area contributed by atoms with Crippen molar-refractivity contribution in [3.63, 3.8) is 0 Å². The Hall–Kier alpha value is -1.94. The van der Waals surface area contributed by atoms with Gasteiger partial charge < -0.3 is 33.8 Å². The van der Waals surface area contributed by atoms with Crippen LogP contribution in [0.1, 0.15) is 439 Å². The highest BCUT2D eigenvalue weighted by atomic mass is 31.2. The Kier molecular flexibility index (Phi) is 73.5. The van der Waals surface area contributed by atoms with Crippen LogP contribution in [-0.4, -0.2) is 96.7 Å². The normalized spacial score (nSPS) is 14.1. The van der Waals surface area contributed by atoms with E-state index in [0.717, 1.165) is 95.8 Å². The summed E-state index contributed by atoms with van der Waals surface area (Å²) in [5, 5.41) is 10.6. The topological polar surface area (TPSA) is 237 Å². The van der Waals surface area contributed by atoms with Gasteiger partial charge in [-0.15, -0.1) is 0 Å². The summed E-state index contributed by atoms with van der Waals surface area (Å²) in [7, 11) is -9.92. The molecule has 0 amide bonds. The minimum atomic E-state index is -4.96. The number of hydrogen-bond acceptors (Lipinski definition) is 15. The lowest BCUT2D eigenvalue weighted by molar-refractivity contribution is -0.161. The van der Waals surface area contributed by atoms with Crippen molar-refractivity contribution in [1.29, 1.82) is 0 Å². The number of aliphatic hydroxyl groups excluding tert-OH is 1. The molecule has 19 heteroatoms. The monoisotopic (exact) mass is 1480 g/mol. The second-order valence-electron chi connectivity index (χ2n) is 29.8. The molecule has 17 nitrogen and oxygen atoms in total. The summed E-state index contributed by atoms with van der Waals surface area (Å²) in [6, 6.07) is 0. The molecule has 600 valence electrons. The first-order valence-electron chi connectivity index (χ1n) is 42.7. The van der Waals surface area contributed by atoms with E-state index in [9.17, 15) is 43.2 Å². The second-order valence-corrected chi connectivity index (χ2v) is 32.7. The van der Waals surface area contributed by atoms with E-state index in [-0.39, 0.29) is 25.7 Å². The van der Waals surface area contributed by atoms with E-state index in [0.29, 0.717) is 25.7 Å². The van der Waals surface area contributed by atoms with Gasteiger partial charge in [-0.25, -0.2) is 9.13 Å². The Bertz CT molecular complexity index is 1930. The maximum atomic E-state index is 13.1. The first kappa shape index (κ1) is 99.1. The molecule has 0 aromatic heterocycles. The van der Waals surface area contributed by atoms with Crippen molar-refractivity contribution in [3.8, 4) is 0 Å². The fraction of sp³-hybridized carbons (Fsp3) is 0.951. The fourth-order valence-corrected chi connectivity index (χ4v) is 14.3. The number of carbonyl (C=O) groups is 4. The molecular formula is C82H160O17P2. The molecule has 0 aromatic rings. The summed E-state index contributed by atoms with van der Waals surface area (Å²) in [6.07, 6.45) is 66.4. The molecule has 3 N–H and O–H groups in total. The van der Waals surface area contributed by atoms with Gasteiger partial charge in [0.15, 0.2) is 12.2 Å². The average molecular weight is 1480 g/mol. The minimum Gasteiger partial charge on any atom is -0.462 e. The van der Waals surface area contributed by atoms with Crippen LogP contribution in [0.4, 0.5) is 0 Å². The SMILES string of the molecule is CCCCCCCCCCCCCCCCCCCCC(=O)OC[C@H](COP(=O)(O)OC[C@@H](O)COP(=O)(O)OC[C@@H](COC(=O)CCCCCCCCCCCC)OC(=O)CCCCCCCCCCCCCCCCC)OC(=O)CCCCCCCCCCCCCCCCC(C)CC. The van der Waals surface area contributed by atoms with Crippen molar-refractivity contribution in [2.24, 2.45) is 5.92 Å². The standard InChI is InChI=1S/C82H160O17P2/c1-6-10-13-16-19-22-25-27-29-30-31-33-37-41-46-51-56-61-66-80(85)93-72-78(99-82(87)68-63-58-53-48-43-39-35-34-36-40-44-49-54-59-64-75(5)9-4)74-97-101(90,91)95-70-76(83)69-94-100(88,89)96-73-77(71-92-79(84)65-60-55-50-45-24-21-18-15-12-8-3)98-81(86)67-62-57-52-47-42-38-32-28-26-23-20-17-14-11-7-2/h75-78,83H,6-74H2,1-5H3,(H,88,89)(H,90,91)/t75?,76-,77+,78+/m0/s1. The molecule has 0 radical (unpaired) electrons. The number of phosphoric ester groups is 2. The summed E-state index contributed by atoms with van der Waals surface area (Å²) < 4.78 is 68.8. The van der Waals surface area contributed by atoms with Crippen molar-refractivity contribution in [3.05, 3.63) is 0 Å². The van der Waals surface area contributed by atoms with Crippen molar-refractivity contribution in [2.75, 3.05) is 39.6 Å². The number of unbranched alkanes of at least 4 members (excludes halogenated alkanes) is 53. The fourth-order valence-electron chi connectivity index (χ4n) is 12.7. The highest BCUT2D eigenvalue weighted by molar-refractivity contribution is 7.47. The molecule has 0 aliphatic heterocycles. The van der Waals surface area contributed by atoms with Gasteiger partial charge in [0.1, 0.15) is 19.3 Å². The van der Waals surface area contributed by atoms with Gasteiger partial charge >= 0.3 is 39.5 Å². The van der Waals surface area contributed by atoms with E-state index in [1.807, 2.05) is 0 Å². The third-order valence-corrected chi connectivity index (χ3v) is 21.5. The lowest BCUT2D eigenvalue weighted by Crippen LogP contribution is -2.30. The number of hydrogen-bond donors (Lipinski definition) is 3. The Balaban J connectivity index is 5.24. The van der Waals surface area contributed by atoms with Crippen LogP contribution >= 0.6 is 15.6 Å². The summed E-state index contributed by atoms with van der Waals surface area (Å²) in [6.45, 7) is 7.39. The average Bonchev–Trinajstić information content (AvgIpc) is 1.06. The smallest absolute Gasteiger partial charge is 0.462 e. The quantitative estimate of drug-likeness (QED) is 0.0222. The van der Waals surface area contributed by atoms with Crippen LogP contribution in [0.25, 0.3) is 0 Å². The zero-order valence-electron chi connectivity index (χ0n) is 66.1. The number of rotatable bonds is 82. The number of ether oxygens (including phenoxy) is 4. The molecular weight excluding hydrogens is 1320 g/mol. The third-order valence-electron chi connectivity index (χ3n) is 19.6. The maximum absolute atomic E-state index is 13.1. The number of phosphoric acid groups is 2. The molecule has 0 aliphatic carbocycles. The van der Waals surface area contributed by atoms with Gasteiger partial charge in [-0.2, -0.15) is 0 Å². The number of esters is 4. The molecule has 101 heavy (non-hydrogen) atoms. The summed E-state index contributed by atoms with van der Waals surface area (Å²) in [4.78, 5) is 73.1. The van der Waals surface area contributed by atoms with Crippen LogP contribution in [-0.2, 0) is 65.4 Å². The summed E-state index contributed by atoms with van der Waals surface area (Å²) in [5.41, 5.74) is 0. The van der Waals surface area contributed by atoms with Crippen LogP contribution in [0.2, 0.25) is 0 Å². The Morgan fingerprint density at radius 2 is 0.475 bits per heavy atom. The van der Waals surface area contributed by atoms with Gasteiger partial charge in [0.2, 0.25) is 0 Å². The van der Waals surface area contributed by atoms with Crippen LogP contribution in [0.15, 0.2) is 0 Å². The van der Waals surface area contributed by atoms with Crippen LogP contribution in [0, 0.1) is 5.92 Å². The molecule has 0 spiro atoms. The van der Waals surface area contributed by atoms with E-state index < -0.39 is 97.5 Å². The number of carbonyl (C=O) groups excluding carboxylic acids is 4. The van der Waals surface area contributed by atoms with Crippen LogP contribution in [0.5, 0.6) is 0 Å². The minimum absolute atomic E-state index is 0.109. The van der Waals surface area contributed by atoms with E-state index >= 15 is 0 Å². The lowest BCUT2D eigenvalue weighted by atomic mass is 9.99. The first-order valence-corrected chi connectivity index (χ1v) is 45.7. The summed E-state index contributed by atoms with van der Waals surface area (Å²) >= 11 is 0. The van der Waals surface area contributed by atoms with E-state index in [4.69, 9.17) is 37.0 Å². The van der Waals surface area contributed by atoms with Gasteiger partial charge in [-0.05, 0) is 31.6 Å². The van der Waals surface area contributed by atoms with Gasteiger partial charge in [-0.3, -0.25) is 37.3 Å². The Morgan fingerprint density at radius 1 is 0.277 bits per heavy atom. The van der Waals surface area contributed by atoms with Crippen molar-refractivity contribution < 1.29 is 80.2 Å². The van der Waals surface area contributed by atoms with Crippen LogP contribution < -0.4 is 0 Å². The molecule has 0 fully saturated rings. The van der Waals surface area contributed by atoms with E-state index in [1.165, 1.54) is 263 Å². The van der Waals surface area contributed by atoms with Crippen molar-refractivity contribution in [2.45, 2.75) is 457 Å². The highest BCUT2D eigenvalue weighted by Crippen LogP contribution is 2.45. The summed E-state index contributed by atoms with van der Waals surface area (Å²) in [5.74, 6) is -1.26. The number of aliphatic hydroxyl groups is 1. The van der Waals surface area contributed by atoms with Crippen molar-refractivity contribution >= 4 is 39.5 Å². The molecule has 0 saturated carbocycles. The lowest BCUT2D eigenvalue weighted by Gasteiger charge is -2.21. The third kappa shape index (κ3) is 74.7. The van der Waals surface area contributed by atoms with E-state index in [2.05, 4.69) is 34.6 Å². The molecule has 0 saturated heterocycles. The molecule has 0 rings (SSSR count). The molecule has 0 heterocycles. The molecule has 6 atom stereocenters. The largest absolute Gasteiger partial charge is 0.472 e. The molecule has 3 unspecified atom stereocenters. The molecule has 0 bridgehead atoms. The molecule has 0 aliphatic rings. The second kappa shape index (κ2) is 74.9. The van der Waals surface area contributed by atoms with Gasteiger partial charge in [-0.1, -0.05) is 388 Å². The zero-order valence-corrected chi connectivity index (χ0v) is 67.8. The van der Waals surface area contributed by atoms with E-state index in [1.54, 1.807) is 0 Å². The predicted octanol–water partition coefficient (Wildman–Crippen LogP) is 24.8. The molecule has 0 aromatic carbocycles. The highest BCUT2D eigenvalue weighted by Gasteiger charge is 2.30. The Morgan fingerprint density at radius 3 is 0.703 bits per heavy atom. The van der Waals surface area contributed by atoms with Gasteiger partial charge in [0.05, 0.1) is 26.4 Å². The maximum Gasteiger partial charge on any atom is 0.472 e. The van der Waals surface area contributed by atoms with Gasteiger partial charge in [0.25, 0.3) is 0 Å². The van der Waals surface area contributed by atoms with Gasteiger partial charge in [0, 0.05) is 25.7 Å². The van der Waals surface area contributed by atoms with Crippen LogP contribution in [0.3, 0.4) is 0 Å². The predicted molar refractivity (Wildman–Crippen MR) is 414 cm³/mol. The first-order chi connectivity index (χ1) is 49.1. The van der Waals surface area contributed by atoms with Crippen molar-refractivity contribution in [1.82, 2.24) is 0 Å².